The van der Waals surface area contributed by atoms with Crippen LogP contribution in [0.4, 0.5) is 0 Å². The SMILES string of the molecule is CC(=O)NCc1[c]cccc1.Cn1c2ncnc-2c([O-])n(C)c1=O.[Hg+]. The molecule has 0 spiro atoms. The van der Waals surface area contributed by atoms with Crippen LogP contribution < -0.4 is 16.1 Å². The van der Waals surface area contributed by atoms with E-state index in [-0.39, 0.29) is 39.3 Å². The van der Waals surface area contributed by atoms with E-state index in [1.807, 2.05) is 24.3 Å². The Hall–Kier alpha value is -2.22. The molecule has 1 N–H and O–H groups in total. The number of rotatable bonds is 2. The van der Waals surface area contributed by atoms with Crippen LogP contribution in [0.1, 0.15) is 12.5 Å². The molecule has 2 aliphatic rings. The van der Waals surface area contributed by atoms with Crippen molar-refractivity contribution in [3.05, 3.63) is 52.7 Å². The third kappa shape index (κ3) is 5.12. The van der Waals surface area contributed by atoms with Gasteiger partial charge in [-0.05, 0) is 17.5 Å². The van der Waals surface area contributed by atoms with Crippen LogP contribution in [0.25, 0.3) is 11.5 Å². The van der Waals surface area contributed by atoms with E-state index >= 15 is 0 Å². The zero-order chi connectivity index (χ0) is 17.7. The average molecular weight is 528 g/mol. The summed E-state index contributed by atoms with van der Waals surface area (Å²) in [6, 6.07) is 10.6. The molecule has 9 heteroatoms. The zero-order valence-corrected chi connectivity index (χ0v) is 19.8. The Morgan fingerprint density at radius 2 is 2.00 bits per heavy atom. The monoisotopic (exact) mass is 529 g/mol. The Labute approximate surface area is 165 Å². The van der Waals surface area contributed by atoms with Crippen molar-refractivity contribution in [1.29, 1.82) is 0 Å². The zero-order valence-electron chi connectivity index (χ0n) is 14.3. The number of aromatic nitrogens is 4. The molecule has 126 valence electrons. The number of fused-ring (bicyclic) bond motifs is 1. The van der Waals surface area contributed by atoms with Gasteiger partial charge < -0.3 is 15.0 Å². The van der Waals surface area contributed by atoms with Crippen molar-refractivity contribution >= 4 is 5.91 Å². The van der Waals surface area contributed by atoms with Crippen molar-refractivity contribution in [3.63, 3.8) is 0 Å². The minimum atomic E-state index is -0.407. The maximum Gasteiger partial charge on any atom is 1.00 e. The standard InChI is InChI=1S/C9H10NO.C7H8N4O2.Hg/c1-8(11)10-7-9-5-3-2-4-6-9;1-10-5-4(8-3-9-5)6(12)11(2)7(10)13;/h2-5H,7H2,1H3,(H,10,11);3,12H,1-2H3;/q;;+1/p-1. The predicted octanol–water partition coefficient (Wildman–Crippen LogP) is -0.187. The van der Waals surface area contributed by atoms with Gasteiger partial charge >= 0.3 is 33.4 Å². The summed E-state index contributed by atoms with van der Waals surface area (Å²) in [5, 5.41) is 14.1. The Morgan fingerprint density at radius 3 is 2.60 bits per heavy atom. The molecular weight excluding hydrogens is 511 g/mol. The molecule has 0 saturated heterocycles. The van der Waals surface area contributed by atoms with Gasteiger partial charge in [-0.1, -0.05) is 24.3 Å². The van der Waals surface area contributed by atoms with E-state index in [1.165, 1.54) is 24.9 Å². The molecule has 3 rings (SSSR count). The van der Waals surface area contributed by atoms with Crippen LogP contribution in [0.15, 0.2) is 35.4 Å². The molecule has 0 aliphatic carbocycles. The number of hydrogen-bond donors (Lipinski definition) is 1. The molecule has 0 aromatic heterocycles. The van der Waals surface area contributed by atoms with E-state index in [0.717, 1.165) is 10.1 Å². The first-order chi connectivity index (χ1) is 11.4. The van der Waals surface area contributed by atoms with Crippen LogP contribution >= 0.6 is 0 Å². The molecule has 1 amide bonds. The predicted molar refractivity (Wildman–Crippen MR) is 85.1 cm³/mol. The van der Waals surface area contributed by atoms with Gasteiger partial charge in [-0.25, -0.2) is 14.8 Å². The number of carbonyl (C=O) groups excluding carboxylic acids is 1. The summed E-state index contributed by atoms with van der Waals surface area (Å²) >= 11 is 0. The van der Waals surface area contributed by atoms with Crippen LogP contribution in [-0.4, -0.2) is 25.0 Å². The number of imidazole rings is 1. The second-order valence-corrected chi connectivity index (χ2v) is 5.05. The summed E-state index contributed by atoms with van der Waals surface area (Å²) in [6.45, 7) is 2.07. The molecule has 1 aromatic carbocycles. The Morgan fingerprint density at radius 1 is 1.28 bits per heavy atom. The van der Waals surface area contributed by atoms with E-state index in [2.05, 4.69) is 21.4 Å². The van der Waals surface area contributed by atoms with Crippen molar-refractivity contribution in [2.75, 3.05) is 0 Å². The van der Waals surface area contributed by atoms with Gasteiger partial charge in [-0.3, -0.25) is 9.36 Å². The van der Waals surface area contributed by atoms with Gasteiger partial charge in [0.25, 0.3) is 0 Å². The van der Waals surface area contributed by atoms with Crippen LogP contribution in [0.3, 0.4) is 0 Å². The van der Waals surface area contributed by atoms with E-state index in [0.29, 0.717) is 12.4 Å². The normalized spacial score (nSPS) is 9.72. The molecular formula is C16H17HgN5O3. The van der Waals surface area contributed by atoms with Crippen LogP contribution in [0, 0.1) is 6.07 Å². The van der Waals surface area contributed by atoms with E-state index < -0.39 is 11.6 Å². The minimum Gasteiger partial charge on any atom is -0.858 e. The van der Waals surface area contributed by atoms with E-state index in [1.54, 1.807) is 7.05 Å². The Bertz CT molecular complexity index is 860. The third-order valence-electron chi connectivity index (χ3n) is 3.28. The number of nitrogens with zero attached hydrogens (tertiary/aromatic N) is 4. The fraction of sp³-hybridized carbons (Fsp3) is 0.250. The number of hydrogen-bond acceptors (Lipinski definition) is 5. The third-order valence-corrected chi connectivity index (χ3v) is 3.28. The minimum absolute atomic E-state index is 0. The van der Waals surface area contributed by atoms with Crippen molar-refractivity contribution in [3.8, 4) is 17.4 Å². The quantitative estimate of drug-likeness (QED) is 0.465. The molecule has 0 atom stereocenters. The number of nitrogens with one attached hydrogen (secondary N) is 1. The second kappa shape index (κ2) is 9.31. The smallest absolute Gasteiger partial charge is 0.858 e. The Kier molecular flexibility index (Phi) is 7.75. The molecule has 8 nitrogen and oxygen atoms in total. The topological polar surface area (TPSA) is 105 Å². The van der Waals surface area contributed by atoms with Crippen LogP contribution in [0.2, 0.25) is 0 Å². The van der Waals surface area contributed by atoms with Crippen molar-refractivity contribution < 1.29 is 37.6 Å². The van der Waals surface area contributed by atoms with Crippen molar-refractivity contribution in [2.24, 2.45) is 14.1 Å². The molecule has 25 heavy (non-hydrogen) atoms. The Balaban J connectivity index is 0.000000244. The maximum atomic E-state index is 11.4. The average Bonchev–Trinajstić information content (AvgIpc) is 3.08. The largest absolute Gasteiger partial charge is 1.00 e. The first-order valence-corrected chi connectivity index (χ1v) is 7.15. The van der Waals surface area contributed by atoms with Crippen LogP contribution in [0.5, 0.6) is 5.88 Å². The second-order valence-electron chi connectivity index (χ2n) is 5.05. The number of amides is 1. The van der Waals surface area contributed by atoms with Gasteiger partial charge in [0.2, 0.25) is 5.91 Å². The molecule has 2 heterocycles. The summed E-state index contributed by atoms with van der Waals surface area (Å²) in [5.41, 5.74) is 0.838. The maximum absolute atomic E-state index is 11.4. The van der Waals surface area contributed by atoms with Crippen molar-refractivity contribution in [1.82, 2.24) is 24.4 Å². The fourth-order valence-electron chi connectivity index (χ4n) is 1.98. The number of carbonyl (C=O) groups is 1. The fourth-order valence-corrected chi connectivity index (χ4v) is 1.98. The van der Waals surface area contributed by atoms with Gasteiger partial charge in [0.1, 0.15) is 12.0 Å². The molecule has 0 unspecified atom stereocenters. The summed E-state index contributed by atoms with van der Waals surface area (Å²) in [6.07, 6.45) is 1.27. The van der Waals surface area contributed by atoms with Crippen LogP contribution in [-0.2, 0) is 53.1 Å². The van der Waals surface area contributed by atoms with E-state index in [9.17, 15) is 14.7 Å². The van der Waals surface area contributed by atoms with Gasteiger partial charge in [0.05, 0.1) is 0 Å². The first kappa shape index (κ1) is 20.8. The first-order valence-electron chi connectivity index (χ1n) is 7.15. The molecule has 0 saturated carbocycles. The molecule has 1 aromatic rings. The molecule has 0 fully saturated rings. The summed E-state index contributed by atoms with van der Waals surface area (Å²) in [5.74, 6) is -0.0917. The summed E-state index contributed by atoms with van der Waals surface area (Å²) in [7, 11) is 2.97. The van der Waals surface area contributed by atoms with Gasteiger partial charge in [0, 0.05) is 27.6 Å². The molecule has 2 radical (unpaired) electrons. The molecule has 2 aliphatic heterocycles. The molecule has 0 bridgehead atoms. The van der Waals surface area contributed by atoms with Crippen molar-refractivity contribution in [2.45, 2.75) is 13.5 Å². The van der Waals surface area contributed by atoms with Gasteiger partial charge in [-0.15, -0.1) is 0 Å². The van der Waals surface area contributed by atoms with E-state index in [4.69, 9.17) is 0 Å². The summed E-state index contributed by atoms with van der Waals surface area (Å²) < 4.78 is 2.31. The number of benzene rings is 1. The van der Waals surface area contributed by atoms with Gasteiger partial charge in [-0.2, -0.15) is 0 Å². The summed E-state index contributed by atoms with van der Waals surface area (Å²) in [4.78, 5) is 29.4. The van der Waals surface area contributed by atoms with Gasteiger partial charge in [0.15, 0.2) is 5.82 Å².